The second kappa shape index (κ2) is 7.53. The maximum absolute atomic E-state index is 12.9. The van der Waals surface area contributed by atoms with E-state index in [9.17, 15) is 13.2 Å². The summed E-state index contributed by atoms with van der Waals surface area (Å²) in [5.41, 5.74) is 9.78. The molecule has 146 valence electrons. The van der Waals surface area contributed by atoms with E-state index in [0.29, 0.717) is 16.9 Å². The first-order valence-corrected chi connectivity index (χ1v) is 10.9. The molecule has 9 heteroatoms. The SMILES string of the molecule is Nc1ccccc1NC(=O)C=Cc1ccn(S(=O)(=O)c2ccc3ncsc3c2)c1. The number of para-hydroxylation sites is 2. The lowest BCUT2D eigenvalue weighted by Crippen LogP contribution is -2.10. The quantitative estimate of drug-likeness (QED) is 0.376. The molecule has 2 aromatic heterocycles. The number of carbonyl (C=O) groups is 1. The lowest BCUT2D eigenvalue weighted by molar-refractivity contribution is -0.111. The van der Waals surface area contributed by atoms with Gasteiger partial charge in [0, 0.05) is 18.5 Å². The van der Waals surface area contributed by atoms with Crippen molar-refractivity contribution in [2.75, 3.05) is 11.1 Å². The number of rotatable bonds is 5. The molecule has 29 heavy (non-hydrogen) atoms. The number of nitrogens with zero attached hydrogens (tertiary/aromatic N) is 2. The van der Waals surface area contributed by atoms with Crippen molar-refractivity contribution in [3.63, 3.8) is 0 Å². The molecule has 0 atom stereocenters. The van der Waals surface area contributed by atoms with E-state index in [1.165, 1.54) is 41.9 Å². The molecular formula is C20H16N4O3S2. The van der Waals surface area contributed by atoms with Crippen molar-refractivity contribution >= 4 is 54.9 Å². The molecule has 0 unspecified atom stereocenters. The monoisotopic (exact) mass is 424 g/mol. The molecule has 2 aromatic carbocycles. The van der Waals surface area contributed by atoms with Crippen molar-refractivity contribution in [2.24, 2.45) is 0 Å². The fraction of sp³-hybridized carbons (Fsp3) is 0. The molecule has 0 spiro atoms. The highest BCUT2D eigenvalue weighted by Gasteiger charge is 2.17. The number of nitrogens with one attached hydrogen (secondary N) is 1. The summed E-state index contributed by atoms with van der Waals surface area (Å²) in [6.07, 6.45) is 5.75. The van der Waals surface area contributed by atoms with Gasteiger partial charge in [-0.05, 0) is 48.0 Å². The van der Waals surface area contributed by atoms with Gasteiger partial charge in [-0.2, -0.15) is 0 Å². The van der Waals surface area contributed by atoms with Crippen molar-refractivity contribution in [2.45, 2.75) is 4.90 Å². The molecule has 0 aliphatic rings. The first kappa shape index (κ1) is 18.9. The number of hydrogen-bond acceptors (Lipinski definition) is 6. The Hall–Kier alpha value is -3.43. The molecule has 2 heterocycles. The zero-order valence-corrected chi connectivity index (χ0v) is 16.7. The van der Waals surface area contributed by atoms with E-state index in [2.05, 4.69) is 10.3 Å². The summed E-state index contributed by atoms with van der Waals surface area (Å²) >= 11 is 1.38. The Kier molecular flexibility index (Phi) is 4.91. The van der Waals surface area contributed by atoms with E-state index >= 15 is 0 Å². The van der Waals surface area contributed by atoms with Crippen LogP contribution in [-0.2, 0) is 14.8 Å². The maximum Gasteiger partial charge on any atom is 0.267 e. The van der Waals surface area contributed by atoms with Crippen LogP contribution in [-0.4, -0.2) is 23.3 Å². The predicted molar refractivity (Wildman–Crippen MR) is 115 cm³/mol. The summed E-state index contributed by atoms with van der Waals surface area (Å²) in [6.45, 7) is 0. The minimum Gasteiger partial charge on any atom is -0.397 e. The third kappa shape index (κ3) is 3.91. The lowest BCUT2D eigenvalue weighted by Gasteiger charge is -2.05. The van der Waals surface area contributed by atoms with Crippen LogP contribution in [0, 0.1) is 0 Å². The fourth-order valence-electron chi connectivity index (χ4n) is 2.72. The van der Waals surface area contributed by atoms with Crippen LogP contribution in [0.25, 0.3) is 16.3 Å². The zero-order valence-electron chi connectivity index (χ0n) is 15.0. The molecule has 4 aromatic rings. The molecule has 0 fully saturated rings. The third-order valence-electron chi connectivity index (χ3n) is 4.21. The predicted octanol–water partition coefficient (Wildman–Crippen LogP) is 3.57. The first-order chi connectivity index (χ1) is 13.9. The Morgan fingerprint density at radius 3 is 2.83 bits per heavy atom. The Bertz CT molecular complexity index is 1340. The van der Waals surface area contributed by atoms with E-state index in [0.717, 1.165) is 14.2 Å². The van der Waals surface area contributed by atoms with Gasteiger partial charge < -0.3 is 11.1 Å². The zero-order chi connectivity index (χ0) is 20.4. The summed E-state index contributed by atoms with van der Waals surface area (Å²) in [4.78, 5) is 16.4. The average molecular weight is 425 g/mol. The Morgan fingerprint density at radius 1 is 1.17 bits per heavy atom. The molecule has 3 N–H and O–H groups in total. The second-order valence-corrected chi connectivity index (χ2v) is 8.90. The summed E-state index contributed by atoms with van der Waals surface area (Å²) in [6, 6.07) is 13.4. The van der Waals surface area contributed by atoms with Crippen LogP contribution in [0.3, 0.4) is 0 Å². The van der Waals surface area contributed by atoms with Crippen LogP contribution in [0.1, 0.15) is 5.56 Å². The second-order valence-electron chi connectivity index (χ2n) is 6.17. The van der Waals surface area contributed by atoms with Gasteiger partial charge in [-0.1, -0.05) is 12.1 Å². The summed E-state index contributed by atoms with van der Waals surface area (Å²) in [5.74, 6) is -0.367. The highest BCUT2D eigenvalue weighted by atomic mass is 32.2. The number of hydrogen-bond donors (Lipinski definition) is 2. The highest BCUT2D eigenvalue weighted by molar-refractivity contribution is 7.90. The van der Waals surface area contributed by atoms with Crippen molar-refractivity contribution in [3.8, 4) is 0 Å². The smallest absolute Gasteiger partial charge is 0.267 e. The number of aromatic nitrogens is 2. The van der Waals surface area contributed by atoms with Gasteiger partial charge in [0.1, 0.15) is 0 Å². The van der Waals surface area contributed by atoms with Crippen molar-refractivity contribution in [1.29, 1.82) is 0 Å². The Morgan fingerprint density at radius 2 is 2.00 bits per heavy atom. The van der Waals surface area contributed by atoms with E-state index in [-0.39, 0.29) is 10.8 Å². The number of nitrogen functional groups attached to an aromatic ring is 1. The average Bonchev–Trinajstić information content (AvgIpc) is 3.37. The van der Waals surface area contributed by atoms with Crippen LogP contribution in [0.15, 0.2) is 77.4 Å². The number of anilines is 2. The maximum atomic E-state index is 12.9. The third-order valence-corrected chi connectivity index (χ3v) is 6.64. The summed E-state index contributed by atoms with van der Waals surface area (Å²) in [7, 11) is -3.74. The molecule has 0 saturated carbocycles. The van der Waals surface area contributed by atoms with Crippen LogP contribution >= 0.6 is 11.3 Å². The highest BCUT2D eigenvalue weighted by Crippen LogP contribution is 2.24. The minimum atomic E-state index is -3.74. The molecular weight excluding hydrogens is 408 g/mol. The van der Waals surface area contributed by atoms with Crippen LogP contribution < -0.4 is 11.1 Å². The van der Waals surface area contributed by atoms with Gasteiger partial charge in [0.15, 0.2) is 0 Å². The van der Waals surface area contributed by atoms with Gasteiger partial charge >= 0.3 is 0 Å². The minimum absolute atomic E-state index is 0.178. The summed E-state index contributed by atoms with van der Waals surface area (Å²) in [5, 5.41) is 2.68. The molecule has 0 saturated heterocycles. The molecule has 0 radical (unpaired) electrons. The van der Waals surface area contributed by atoms with Crippen LogP contribution in [0.4, 0.5) is 11.4 Å². The van der Waals surface area contributed by atoms with Crippen LogP contribution in [0.5, 0.6) is 0 Å². The number of thiazole rings is 1. The number of nitrogens with two attached hydrogens (primary N) is 1. The molecule has 0 bridgehead atoms. The molecule has 7 nitrogen and oxygen atoms in total. The van der Waals surface area contributed by atoms with Gasteiger partial charge in [0.25, 0.3) is 10.0 Å². The first-order valence-electron chi connectivity index (χ1n) is 8.54. The Labute approximate surface area is 171 Å². The van der Waals surface area contributed by atoms with Crippen molar-refractivity contribution in [1.82, 2.24) is 8.96 Å². The van der Waals surface area contributed by atoms with Gasteiger partial charge in [0.2, 0.25) is 5.91 Å². The van der Waals surface area contributed by atoms with E-state index < -0.39 is 10.0 Å². The van der Waals surface area contributed by atoms with Gasteiger partial charge in [-0.25, -0.2) is 17.4 Å². The van der Waals surface area contributed by atoms with Gasteiger partial charge in [-0.3, -0.25) is 4.79 Å². The largest absolute Gasteiger partial charge is 0.397 e. The standard InChI is InChI=1S/C20H16N4O3S2/c21-16-3-1-2-4-17(16)23-20(25)8-5-14-9-10-24(12-14)29(26,27)15-6-7-18-19(11-15)28-13-22-18/h1-13H,21H2,(H,23,25). The van der Waals surface area contributed by atoms with Gasteiger partial charge in [0.05, 0.1) is 32.0 Å². The molecule has 1 amide bonds. The van der Waals surface area contributed by atoms with E-state index in [1.807, 2.05) is 0 Å². The lowest BCUT2D eigenvalue weighted by atomic mass is 10.2. The topological polar surface area (TPSA) is 107 Å². The molecule has 0 aliphatic heterocycles. The number of fused-ring (bicyclic) bond motifs is 1. The van der Waals surface area contributed by atoms with Crippen LogP contribution in [0.2, 0.25) is 0 Å². The molecule has 0 aliphatic carbocycles. The van der Waals surface area contributed by atoms with E-state index in [1.54, 1.807) is 48.0 Å². The van der Waals surface area contributed by atoms with Crippen molar-refractivity contribution < 1.29 is 13.2 Å². The van der Waals surface area contributed by atoms with Gasteiger partial charge in [-0.15, -0.1) is 11.3 Å². The van der Waals surface area contributed by atoms with Crippen molar-refractivity contribution in [3.05, 3.63) is 78.1 Å². The summed E-state index contributed by atoms with van der Waals surface area (Å²) < 4.78 is 27.6. The van der Waals surface area contributed by atoms with E-state index in [4.69, 9.17) is 5.73 Å². The number of amides is 1. The molecule has 4 rings (SSSR count). The number of carbonyl (C=O) groups excluding carboxylic acids is 1. The normalized spacial score (nSPS) is 11.9. The Balaban J connectivity index is 1.52. The number of benzene rings is 2. The fourth-order valence-corrected chi connectivity index (χ4v) is 4.74.